The van der Waals surface area contributed by atoms with Crippen molar-refractivity contribution in [3.63, 3.8) is 0 Å². The van der Waals surface area contributed by atoms with Crippen LogP contribution >= 0.6 is 11.3 Å². The fraction of sp³-hybridized carbons (Fsp3) is 0.289. The molecule has 0 unspecified atom stereocenters. The second kappa shape index (κ2) is 16.8. The summed E-state index contributed by atoms with van der Waals surface area (Å²) < 4.78 is 42.7. The summed E-state index contributed by atoms with van der Waals surface area (Å²) >= 11 is 1.61. The molecule has 3 heterocycles. The molecule has 53 heavy (non-hydrogen) atoms. The van der Waals surface area contributed by atoms with Gasteiger partial charge >= 0.3 is 0 Å². The summed E-state index contributed by atoms with van der Waals surface area (Å²) in [6.45, 7) is 2.01. The standard InChI is InChI=1S/C45H44O7S/c46-26-36-22-13-23-37-38-24-25-51-45(44(38)53-42(36)37)43(50-30-35-20-11-4-12-21-35)41(49-29-34-18-9-3-10-19-34)40(48-28-33-16-7-2-8-17-33)39(52-45)31-47-27-32-14-5-1-6-15-32/h1-23,39-41,43,46H,24-31H2/t39-,40-,41+,43-,45-/m1/s1. The van der Waals surface area contributed by atoms with Crippen molar-refractivity contribution < 1.29 is 33.5 Å². The summed E-state index contributed by atoms with van der Waals surface area (Å²) in [6.07, 6.45) is -1.83. The third kappa shape index (κ3) is 7.87. The van der Waals surface area contributed by atoms with Crippen LogP contribution in [0.5, 0.6) is 0 Å². The normalized spacial score (nSPS) is 22.6. The van der Waals surface area contributed by atoms with Gasteiger partial charge in [0.25, 0.3) is 0 Å². The minimum atomic E-state index is -1.34. The molecule has 5 atom stereocenters. The molecule has 272 valence electrons. The van der Waals surface area contributed by atoms with E-state index < -0.39 is 30.2 Å². The van der Waals surface area contributed by atoms with E-state index in [9.17, 15) is 5.11 Å². The fourth-order valence-corrected chi connectivity index (χ4v) is 8.86. The first-order valence-electron chi connectivity index (χ1n) is 18.3. The zero-order chi connectivity index (χ0) is 35.9. The summed E-state index contributed by atoms with van der Waals surface area (Å²) in [7, 11) is 0. The lowest BCUT2D eigenvalue weighted by atomic mass is 9.87. The molecule has 0 amide bonds. The van der Waals surface area contributed by atoms with Crippen LogP contribution < -0.4 is 0 Å². The van der Waals surface area contributed by atoms with Crippen molar-refractivity contribution in [2.24, 2.45) is 0 Å². The SMILES string of the molecule is OCc1cccc2c3c(sc12)[C@]1(OCC3)O[C@H](COCc2ccccc2)[C@@H](OCc2ccccc2)[C@H](OCc2ccccc2)[C@H]1OCc1ccccc1. The number of ether oxygens (including phenoxy) is 6. The van der Waals surface area contributed by atoms with E-state index in [1.807, 2.05) is 84.9 Å². The number of rotatable bonds is 14. The molecule has 1 spiro atoms. The summed E-state index contributed by atoms with van der Waals surface area (Å²) in [5, 5.41) is 11.5. The minimum Gasteiger partial charge on any atom is -0.392 e. The molecule has 1 N–H and O–H groups in total. The molecule has 7 nitrogen and oxygen atoms in total. The largest absolute Gasteiger partial charge is 0.392 e. The smallest absolute Gasteiger partial charge is 0.235 e. The molecule has 0 radical (unpaired) electrons. The van der Waals surface area contributed by atoms with Crippen molar-refractivity contribution in [1.82, 2.24) is 0 Å². The van der Waals surface area contributed by atoms with Crippen molar-refractivity contribution in [2.75, 3.05) is 13.2 Å². The van der Waals surface area contributed by atoms with Gasteiger partial charge in [0, 0.05) is 4.70 Å². The molecule has 1 fully saturated rings. The molecule has 1 aromatic heterocycles. The maximum absolute atomic E-state index is 10.4. The van der Waals surface area contributed by atoms with Gasteiger partial charge in [-0.15, -0.1) is 11.3 Å². The van der Waals surface area contributed by atoms with Gasteiger partial charge in [0.2, 0.25) is 5.79 Å². The Morgan fingerprint density at radius 3 is 1.75 bits per heavy atom. The van der Waals surface area contributed by atoms with Gasteiger partial charge in [0.1, 0.15) is 24.4 Å². The molecule has 6 aromatic rings. The van der Waals surface area contributed by atoms with Crippen LogP contribution in [0.25, 0.3) is 10.1 Å². The molecular formula is C45H44O7S. The van der Waals surface area contributed by atoms with E-state index in [1.54, 1.807) is 11.3 Å². The Kier molecular flexibility index (Phi) is 11.4. The van der Waals surface area contributed by atoms with E-state index in [2.05, 4.69) is 54.6 Å². The minimum absolute atomic E-state index is 0.0620. The van der Waals surface area contributed by atoms with Gasteiger partial charge in [-0.2, -0.15) is 0 Å². The number of fused-ring (bicyclic) bond motifs is 4. The maximum atomic E-state index is 10.4. The highest BCUT2D eigenvalue weighted by atomic mass is 32.1. The highest BCUT2D eigenvalue weighted by Gasteiger charge is 2.61. The highest BCUT2D eigenvalue weighted by Crippen LogP contribution is 2.52. The zero-order valence-corrected chi connectivity index (χ0v) is 30.4. The Balaban J connectivity index is 1.24. The van der Waals surface area contributed by atoms with E-state index in [0.29, 0.717) is 39.5 Å². The van der Waals surface area contributed by atoms with Crippen LogP contribution in [0.4, 0.5) is 0 Å². The number of benzene rings is 5. The number of hydrogen-bond donors (Lipinski definition) is 1. The van der Waals surface area contributed by atoms with E-state index in [-0.39, 0.29) is 13.2 Å². The summed E-state index contributed by atoms with van der Waals surface area (Å²) in [5.74, 6) is -1.34. The van der Waals surface area contributed by atoms with Crippen molar-refractivity contribution >= 4 is 21.4 Å². The van der Waals surface area contributed by atoms with Gasteiger partial charge in [0.15, 0.2) is 0 Å². The highest BCUT2D eigenvalue weighted by molar-refractivity contribution is 7.19. The average molecular weight is 729 g/mol. The first kappa shape index (κ1) is 35.8. The van der Waals surface area contributed by atoms with Gasteiger partial charge in [-0.25, -0.2) is 0 Å². The number of aliphatic hydroxyl groups excluding tert-OH is 1. The van der Waals surface area contributed by atoms with E-state index in [1.165, 1.54) is 0 Å². The van der Waals surface area contributed by atoms with Crippen LogP contribution in [0.15, 0.2) is 140 Å². The number of aliphatic hydroxyl groups is 1. The molecule has 2 aliphatic heterocycles. The monoisotopic (exact) mass is 728 g/mol. The van der Waals surface area contributed by atoms with E-state index in [4.69, 9.17) is 28.4 Å². The van der Waals surface area contributed by atoms with Crippen molar-refractivity contribution in [2.45, 2.75) is 69.7 Å². The predicted molar refractivity (Wildman–Crippen MR) is 205 cm³/mol. The first-order valence-corrected chi connectivity index (χ1v) is 19.1. The van der Waals surface area contributed by atoms with Gasteiger partial charge in [0.05, 0.1) is 51.1 Å². The second-order valence-electron chi connectivity index (χ2n) is 13.5. The lowest BCUT2D eigenvalue weighted by Crippen LogP contribution is -2.67. The van der Waals surface area contributed by atoms with Crippen LogP contribution in [-0.4, -0.2) is 42.7 Å². The maximum Gasteiger partial charge on any atom is 0.235 e. The predicted octanol–water partition coefficient (Wildman–Crippen LogP) is 8.49. The Morgan fingerprint density at radius 2 is 1.17 bits per heavy atom. The molecule has 1 saturated heterocycles. The van der Waals surface area contributed by atoms with Crippen LogP contribution in [0, 0.1) is 0 Å². The third-order valence-electron chi connectivity index (χ3n) is 9.98. The van der Waals surface area contributed by atoms with E-state index >= 15 is 0 Å². The molecule has 8 heteroatoms. The first-order chi connectivity index (χ1) is 26.2. The molecule has 0 bridgehead atoms. The van der Waals surface area contributed by atoms with Crippen molar-refractivity contribution in [3.8, 4) is 0 Å². The molecule has 2 aliphatic rings. The Morgan fingerprint density at radius 1 is 0.623 bits per heavy atom. The van der Waals surface area contributed by atoms with Crippen LogP contribution in [0.1, 0.15) is 38.3 Å². The molecular weight excluding hydrogens is 685 g/mol. The lowest BCUT2D eigenvalue weighted by molar-refractivity contribution is -0.393. The fourth-order valence-electron chi connectivity index (χ4n) is 7.39. The van der Waals surface area contributed by atoms with Crippen LogP contribution in [-0.2, 0) is 73.7 Å². The van der Waals surface area contributed by atoms with E-state index in [0.717, 1.165) is 48.3 Å². The summed E-state index contributed by atoms with van der Waals surface area (Å²) in [4.78, 5) is 0.931. The molecule has 0 saturated carbocycles. The second-order valence-corrected chi connectivity index (χ2v) is 14.5. The molecule has 5 aromatic carbocycles. The summed E-state index contributed by atoms with van der Waals surface area (Å²) in [5.41, 5.74) is 6.19. The zero-order valence-electron chi connectivity index (χ0n) is 29.6. The van der Waals surface area contributed by atoms with Crippen LogP contribution in [0.3, 0.4) is 0 Å². The summed E-state index contributed by atoms with van der Waals surface area (Å²) in [6, 6.07) is 46.7. The topological polar surface area (TPSA) is 75.6 Å². The van der Waals surface area contributed by atoms with Gasteiger partial charge in [-0.3, -0.25) is 0 Å². The lowest BCUT2D eigenvalue weighted by Gasteiger charge is -2.53. The number of thiophene rings is 1. The Labute approximate surface area is 314 Å². The van der Waals surface area contributed by atoms with Gasteiger partial charge in [-0.05, 0) is 45.2 Å². The van der Waals surface area contributed by atoms with Gasteiger partial charge < -0.3 is 33.5 Å². The Bertz CT molecular complexity index is 2040. The van der Waals surface area contributed by atoms with Gasteiger partial charge in [-0.1, -0.05) is 140 Å². The molecule has 8 rings (SSSR count). The molecule has 0 aliphatic carbocycles. The van der Waals surface area contributed by atoms with Crippen molar-refractivity contribution in [1.29, 1.82) is 0 Å². The Hall–Kier alpha value is -4.22. The number of hydrogen-bond acceptors (Lipinski definition) is 8. The quantitative estimate of drug-likeness (QED) is 0.121. The van der Waals surface area contributed by atoms with Crippen molar-refractivity contribution in [3.05, 3.63) is 178 Å². The van der Waals surface area contributed by atoms with Crippen LogP contribution in [0.2, 0.25) is 0 Å². The third-order valence-corrected chi connectivity index (χ3v) is 11.4. The average Bonchev–Trinajstić information content (AvgIpc) is 3.61.